The first-order valence-corrected chi connectivity index (χ1v) is 10.7. The molecule has 1 saturated heterocycles. The Morgan fingerprint density at radius 1 is 0.970 bits per heavy atom. The van der Waals surface area contributed by atoms with Gasteiger partial charge in [-0.3, -0.25) is 14.5 Å². The number of benzene rings is 2. The fraction of sp³-hybridized carbons (Fsp3) is 0.375. The van der Waals surface area contributed by atoms with Crippen LogP contribution in [0.15, 0.2) is 42.5 Å². The minimum absolute atomic E-state index is 0.203. The molecule has 3 rings (SSSR count). The van der Waals surface area contributed by atoms with E-state index in [-0.39, 0.29) is 36.2 Å². The van der Waals surface area contributed by atoms with E-state index < -0.39 is 11.9 Å². The number of hydrogen-bond acceptors (Lipinski definition) is 7. The van der Waals surface area contributed by atoms with Gasteiger partial charge < -0.3 is 24.8 Å². The molecule has 0 atom stereocenters. The number of rotatable bonds is 9. The van der Waals surface area contributed by atoms with Gasteiger partial charge in [-0.25, -0.2) is 4.79 Å². The number of nitrogens with two attached hydrogens (primary N) is 1. The topological polar surface area (TPSA) is 111 Å². The lowest BCUT2D eigenvalue weighted by molar-refractivity contribution is -0.136. The second-order valence-corrected chi connectivity index (χ2v) is 7.84. The number of amides is 2. The zero-order valence-corrected chi connectivity index (χ0v) is 18.9. The maximum Gasteiger partial charge on any atom is 0.338 e. The Labute approximate surface area is 193 Å². The number of nitrogens with zero attached hydrogens (tertiary/aromatic N) is 2. The van der Waals surface area contributed by atoms with Crippen LogP contribution in [0.4, 0.5) is 0 Å². The lowest BCUT2D eigenvalue weighted by atomic mass is 10.1. The van der Waals surface area contributed by atoms with E-state index in [1.165, 1.54) is 36.4 Å². The largest absolute Gasteiger partial charge is 0.493 e. The summed E-state index contributed by atoms with van der Waals surface area (Å²) in [6.07, 6.45) is 0. The Morgan fingerprint density at radius 2 is 1.73 bits per heavy atom. The molecule has 1 aliphatic rings. The number of aryl methyl sites for hydroxylation is 1. The predicted molar refractivity (Wildman–Crippen MR) is 121 cm³/mol. The lowest BCUT2D eigenvalue weighted by Crippen LogP contribution is -2.49. The normalized spacial score (nSPS) is 13.9. The summed E-state index contributed by atoms with van der Waals surface area (Å²) in [5.41, 5.74) is 7.76. The average molecular weight is 456 g/mol. The number of carbonyl (C=O) groups excluding carboxylic acids is 3. The molecule has 2 N–H and O–H groups in total. The van der Waals surface area contributed by atoms with Gasteiger partial charge in [-0.2, -0.15) is 0 Å². The molecule has 2 aromatic carbocycles. The Hall–Kier alpha value is -3.59. The van der Waals surface area contributed by atoms with Crippen molar-refractivity contribution in [3.05, 3.63) is 59.2 Å². The van der Waals surface area contributed by atoms with Gasteiger partial charge in [0.1, 0.15) is 0 Å². The molecule has 9 heteroatoms. The van der Waals surface area contributed by atoms with Gasteiger partial charge >= 0.3 is 5.97 Å². The molecular weight excluding hydrogens is 426 g/mol. The molecule has 0 unspecified atom stereocenters. The van der Waals surface area contributed by atoms with Gasteiger partial charge in [0.25, 0.3) is 11.8 Å². The highest BCUT2D eigenvalue weighted by Crippen LogP contribution is 2.28. The third-order valence-electron chi connectivity index (χ3n) is 5.31. The van der Waals surface area contributed by atoms with Crippen LogP contribution >= 0.6 is 0 Å². The molecule has 0 aliphatic carbocycles. The minimum atomic E-state index is -0.652. The van der Waals surface area contributed by atoms with Gasteiger partial charge in [-0.15, -0.1) is 0 Å². The number of carbonyl (C=O) groups is 3. The smallest absolute Gasteiger partial charge is 0.338 e. The molecule has 0 saturated carbocycles. The van der Waals surface area contributed by atoms with Crippen molar-refractivity contribution in [2.45, 2.75) is 13.5 Å². The molecule has 1 aliphatic heterocycles. The Balaban J connectivity index is 1.46. The number of hydrogen-bond donors (Lipinski definition) is 1. The fourth-order valence-corrected chi connectivity index (χ4v) is 3.59. The van der Waals surface area contributed by atoms with Crippen molar-refractivity contribution < 1.29 is 28.6 Å². The van der Waals surface area contributed by atoms with Crippen molar-refractivity contribution in [2.75, 3.05) is 46.5 Å². The van der Waals surface area contributed by atoms with E-state index in [1.807, 2.05) is 0 Å². The van der Waals surface area contributed by atoms with Crippen molar-refractivity contribution >= 4 is 17.8 Å². The molecule has 1 fully saturated rings. The maximum atomic E-state index is 12.5. The van der Waals surface area contributed by atoms with Crippen LogP contribution < -0.4 is 15.2 Å². The maximum absolute atomic E-state index is 12.5. The van der Waals surface area contributed by atoms with Gasteiger partial charge in [-0.1, -0.05) is 29.8 Å². The standard InChI is InChI=1S/C24H29N3O6/c1-17-4-3-5-18(12-17)14-26-8-10-27(11-9-26)23(29)16-33-24(30)19-6-7-20(21(13-19)31-2)32-15-22(25)28/h3-7,12-13H,8-11,14-16H2,1-2H3,(H2,25,28). The monoisotopic (exact) mass is 455 g/mol. The Bertz CT molecular complexity index is 1000. The van der Waals surface area contributed by atoms with Gasteiger partial charge in [-0.05, 0) is 30.7 Å². The van der Waals surface area contributed by atoms with E-state index in [0.717, 1.165) is 19.6 Å². The van der Waals surface area contributed by atoms with Gasteiger partial charge in [0.15, 0.2) is 24.7 Å². The highest BCUT2D eigenvalue weighted by molar-refractivity contribution is 5.92. The highest BCUT2D eigenvalue weighted by Gasteiger charge is 2.22. The van der Waals surface area contributed by atoms with Crippen molar-refractivity contribution in [1.82, 2.24) is 9.80 Å². The fourth-order valence-electron chi connectivity index (χ4n) is 3.59. The van der Waals surface area contributed by atoms with Crippen LogP contribution in [-0.4, -0.2) is 74.1 Å². The van der Waals surface area contributed by atoms with Crippen LogP contribution in [0.2, 0.25) is 0 Å². The summed E-state index contributed by atoms with van der Waals surface area (Å²) >= 11 is 0. The second kappa shape index (κ2) is 11.3. The van der Waals surface area contributed by atoms with Gasteiger partial charge in [0.2, 0.25) is 0 Å². The molecule has 9 nitrogen and oxygen atoms in total. The van der Waals surface area contributed by atoms with E-state index >= 15 is 0 Å². The quantitative estimate of drug-likeness (QED) is 0.569. The first-order valence-electron chi connectivity index (χ1n) is 10.7. The molecule has 2 amide bonds. The third-order valence-corrected chi connectivity index (χ3v) is 5.31. The molecule has 0 bridgehead atoms. The zero-order chi connectivity index (χ0) is 23.8. The molecule has 0 spiro atoms. The van der Waals surface area contributed by atoms with E-state index in [1.54, 1.807) is 4.90 Å². The summed E-state index contributed by atoms with van der Waals surface area (Å²) < 4.78 is 15.6. The molecular formula is C24H29N3O6. The van der Waals surface area contributed by atoms with Crippen LogP contribution in [0.1, 0.15) is 21.5 Å². The first-order chi connectivity index (χ1) is 15.9. The number of primary amides is 1. The third kappa shape index (κ3) is 6.95. The second-order valence-electron chi connectivity index (χ2n) is 7.84. The molecule has 0 aromatic heterocycles. The van der Waals surface area contributed by atoms with E-state index in [4.69, 9.17) is 19.9 Å². The molecule has 1 heterocycles. The van der Waals surface area contributed by atoms with Gasteiger partial charge in [0, 0.05) is 32.7 Å². The van der Waals surface area contributed by atoms with Crippen molar-refractivity contribution in [3.63, 3.8) is 0 Å². The van der Waals surface area contributed by atoms with E-state index in [9.17, 15) is 14.4 Å². The lowest BCUT2D eigenvalue weighted by Gasteiger charge is -2.34. The van der Waals surface area contributed by atoms with Gasteiger partial charge in [0.05, 0.1) is 12.7 Å². The SMILES string of the molecule is COc1cc(C(=O)OCC(=O)N2CCN(Cc3cccc(C)c3)CC2)ccc1OCC(N)=O. The number of ether oxygens (including phenoxy) is 3. The van der Waals surface area contributed by atoms with Crippen molar-refractivity contribution in [2.24, 2.45) is 5.73 Å². The predicted octanol–water partition coefficient (Wildman–Crippen LogP) is 1.37. The highest BCUT2D eigenvalue weighted by atomic mass is 16.5. The van der Waals surface area contributed by atoms with E-state index in [2.05, 4.69) is 36.1 Å². The minimum Gasteiger partial charge on any atom is -0.493 e. The zero-order valence-electron chi connectivity index (χ0n) is 18.9. The average Bonchev–Trinajstić information content (AvgIpc) is 2.81. The van der Waals surface area contributed by atoms with Crippen LogP contribution in [-0.2, 0) is 20.9 Å². The summed E-state index contributed by atoms with van der Waals surface area (Å²) in [5.74, 6) is -0.989. The Morgan fingerprint density at radius 3 is 2.39 bits per heavy atom. The summed E-state index contributed by atoms with van der Waals surface area (Å²) in [6.45, 7) is 4.97. The summed E-state index contributed by atoms with van der Waals surface area (Å²) in [4.78, 5) is 39.8. The molecule has 2 aromatic rings. The molecule has 176 valence electrons. The Kier molecular flexibility index (Phi) is 8.26. The molecule has 33 heavy (non-hydrogen) atoms. The number of methoxy groups -OCH3 is 1. The summed E-state index contributed by atoms with van der Waals surface area (Å²) in [5, 5.41) is 0. The first kappa shape index (κ1) is 24.1. The van der Waals surface area contributed by atoms with Crippen molar-refractivity contribution in [1.29, 1.82) is 0 Å². The van der Waals surface area contributed by atoms with Crippen LogP contribution in [0.5, 0.6) is 11.5 Å². The number of esters is 1. The van der Waals surface area contributed by atoms with Crippen LogP contribution in [0.25, 0.3) is 0 Å². The molecule has 0 radical (unpaired) electrons. The summed E-state index contributed by atoms with van der Waals surface area (Å²) in [6, 6.07) is 12.8. The van der Waals surface area contributed by atoms with Crippen LogP contribution in [0, 0.1) is 6.92 Å². The number of piperazine rings is 1. The van der Waals surface area contributed by atoms with E-state index in [0.29, 0.717) is 13.1 Å². The van der Waals surface area contributed by atoms with Crippen molar-refractivity contribution in [3.8, 4) is 11.5 Å². The van der Waals surface area contributed by atoms with Crippen LogP contribution in [0.3, 0.4) is 0 Å². The summed E-state index contributed by atoms with van der Waals surface area (Å²) in [7, 11) is 1.41.